The van der Waals surface area contributed by atoms with E-state index in [9.17, 15) is 4.79 Å². The minimum absolute atomic E-state index is 0.243. The molecule has 0 radical (unpaired) electrons. The highest BCUT2D eigenvalue weighted by molar-refractivity contribution is 5.66. The number of hydrogen-bond acceptors (Lipinski definition) is 2. The molecule has 0 saturated heterocycles. The Labute approximate surface area is 74.4 Å². The highest BCUT2D eigenvalue weighted by Crippen LogP contribution is 2.02. The summed E-state index contributed by atoms with van der Waals surface area (Å²) in [5.74, 6) is -0.0604. The molecule has 3 nitrogen and oxygen atoms in total. The molecule has 72 valence electrons. The predicted molar refractivity (Wildman–Crippen MR) is 49.2 cm³/mol. The molecule has 1 unspecified atom stereocenters. The molecule has 0 bridgehead atoms. The second-order valence-electron chi connectivity index (χ2n) is 3.42. The number of aliphatic carboxylic acids is 1. The van der Waals surface area contributed by atoms with Crippen LogP contribution in [0, 0.1) is 5.92 Å². The second kappa shape index (κ2) is 6.00. The van der Waals surface area contributed by atoms with Crippen molar-refractivity contribution in [3.8, 4) is 0 Å². The normalized spacial score (nSPS) is 13.3. The summed E-state index contributed by atoms with van der Waals surface area (Å²) in [5, 5.41) is 8.43. The summed E-state index contributed by atoms with van der Waals surface area (Å²) in [4.78, 5) is 12.3. The molecule has 0 aliphatic carbocycles. The SMILES string of the molecule is CCC(C)CN(C)CCC(=O)O. The van der Waals surface area contributed by atoms with Crippen LogP contribution in [0.4, 0.5) is 0 Å². The van der Waals surface area contributed by atoms with Crippen molar-refractivity contribution >= 4 is 5.97 Å². The highest BCUT2D eigenvalue weighted by atomic mass is 16.4. The van der Waals surface area contributed by atoms with Crippen LogP contribution < -0.4 is 0 Å². The van der Waals surface area contributed by atoms with Crippen LogP contribution >= 0.6 is 0 Å². The van der Waals surface area contributed by atoms with Crippen molar-refractivity contribution in [1.82, 2.24) is 4.90 Å². The average molecular weight is 173 g/mol. The highest BCUT2D eigenvalue weighted by Gasteiger charge is 2.05. The number of carbonyl (C=O) groups is 1. The van der Waals surface area contributed by atoms with E-state index in [-0.39, 0.29) is 6.42 Å². The van der Waals surface area contributed by atoms with Gasteiger partial charge in [-0.2, -0.15) is 0 Å². The van der Waals surface area contributed by atoms with Gasteiger partial charge in [0.25, 0.3) is 0 Å². The summed E-state index contributed by atoms with van der Waals surface area (Å²) < 4.78 is 0. The molecule has 12 heavy (non-hydrogen) atoms. The van der Waals surface area contributed by atoms with E-state index in [0.29, 0.717) is 12.5 Å². The van der Waals surface area contributed by atoms with Crippen LogP contribution in [0.3, 0.4) is 0 Å². The lowest BCUT2D eigenvalue weighted by atomic mass is 10.1. The van der Waals surface area contributed by atoms with Gasteiger partial charge in [-0.15, -0.1) is 0 Å². The van der Waals surface area contributed by atoms with Gasteiger partial charge in [0.2, 0.25) is 0 Å². The molecule has 0 aromatic heterocycles. The van der Waals surface area contributed by atoms with Gasteiger partial charge >= 0.3 is 5.97 Å². The molecule has 0 fully saturated rings. The third kappa shape index (κ3) is 6.16. The lowest BCUT2D eigenvalue weighted by molar-refractivity contribution is -0.137. The molecule has 1 atom stereocenters. The topological polar surface area (TPSA) is 40.5 Å². The Bertz CT molecular complexity index is 136. The van der Waals surface area contributed by atoms with Crippen LogP contribution in [-0.2, 0) is 4.79 Å². The molecule has 0 amide bonds. The first-order valence-electron chi connectivity index (χ1n) is 4.46. The van der Waals surface area contributed by atoms with Crippen LogP contribution in [-0.4, -0.2) is 36.1 Å². The molecule has 0 spiro atoms. The zero-order valence-corrected chi connectivity index (χ0v) is 8.21. The summed E-state index contributed by atoms with van der Waals surface area (Å²) in [6.45, 7) is 5.97. The van der Waals surface area contributed by atoms with Gasteiger partial charge < -0.3 is 10.0 Å². The predicted octanol–water partition coefficient (Wildman–Crippen LogP) is 1.44. The maximum Gasteiger partial charge on any atom is 0.304 e. The largest absolute Gasteiger partial charge is 0.481 e. The van der Waals surface area contributed by atoms with Crippen LogP contribution in [0.15, 0.2) is 0 Å². The minimum Gasteiger partial charge on any atom is -0.481 e. The summed E-state index contributed by atoms with van der Waals surface area (Å²) in [6.07, 6.45) is 1.39. The third-order valence-electron chi connectivity index (χ3n) is 2.03. The first-order chi connectivity index (χ1) is 5.56. The molecule has 0 aromatic carbocycles. The zero-order valence-electron chi connectivity index (χ0n) is 8.21. The standard InChI is InChI=1S/C9H19NO2/c1-4-8(2)7-10(3)6-5-9(11)12/h8H,4-7H2,1-3H3,(H,11,12). The van der Waals surface area contributed by atoms with Gasteiger partial charge in [0, 0.05) is 13.1 Å². The van der Waals surface area contributed by atoms with Crippen LogP contribution in [0.2, 0.25) is 0 Å². The van der Waals surface area contributed by atoms with Crippen molar-refractivity contribution < 1.29 is 9.90 Å². The van der Waals surface area contributed by atoms with Crippen molar-refractivity contribution in [2.45, 2.75) is 26.7 Å². The minimum atomic E-state index is -0.717. The monoisotopic (exact) mass is 173 g/mol. The van der Waals surface area contributed by atoms with Crippen molar-refractivity contribution in [3.63, 3.8) is 0 Å². The van der Waals surface area contributed by atoms with E-state index < -0.39 is 5.97 Å². The van der Waals surface area contributed by atoms with Crippen molar-refractivity contribution in [2.24, 2.45) is 5.92 Å². The Hall–Kier alpha value is -0.570. The fourth-order valence-corrected chi connectivity index (χ4v) is 1.04. The van der Waals surface area contributed by atoms with Crippen LogP contribution in [0.1, 0.15) is 26.7 Å². The number of carboxylic acid groups (broad SMARTS) is 1. The fraction of sp³-hybridized carbons (Fsp3) is 0.889. The van der Waals surface area contributed by atoms with Crippen LogP contribution in [0.5, 0.6) is 0 Å². The molecular weight excluding hydrogens is 154 g/mol. The maximum absolute atomic E-state index is 10.2. The first-order valence-corrected chi connectivity index (χ1v) is 4.46. The Morgan fingerprint density at radius 1 is 1.58 bits per heavy atom. The van der Waals surface area contributed by atoms with E-state index in [1.165, 1.54) is 0 Å². The molecule has 0 aliphatic heterocycles. The van der Waals surface area contributed by atoms with Crippen molar-refractivity contribution in [2.75, 3.05) is 20.1 Å². The Morgan fingerprint density at radius 2 is 2.17 bits per heavy atom. The van der Waals surface area contributed by atoms with Gasteiger partial charge in [-0.25, -0.2) is 0 Å². The third-order valence-corrected chi connectivity index (χ3v) is 2.03. The van der Waals surface area contributed by atoms with Gasteiger partial charge in [0.1, 0.15) is 0 Å². The number of rotatable bonds is 6. The second-order valence-corrected chi connectivity index (χ2v) is 3.42. The Morgan fingerprint density at radius 3 is 2.58 bits per heavy atom. The first kappa shape index (κ1) is 11.4. The molecule has 0 saturated carbocycles. The van der Waals surface area contributed by atoms with E-state index in [2.05, 4.69) is 18.7 Å². The van der Waals surface area contributed by atoms with Gasteiger partial charge in [0.05, 0.1) is 6.42 Å². The number of nitrogens with zero attached hydrogens (tertiary/aromatic N) is 1. The van der Waals surface area contributed by atoms with E-state index in [4.69, 9.17) is 5.11 Å². The zero-order chi connectivity index (χ0) is 9.56. The summed E-state index contributed by atoms with van der Waals surface area (Å²) in [7, 11) is 1.97. The molecule has 0 aromatic rings. The van der Waals surface area contributed by atoms with E-state index in [1.54, 1.807) is 0 Å². The molecule has 1 N–H and O–H groups in total. The molecule has 0 rings (SSSR count). The van der Waals surface area contributed by atoms with Gasteiger partial charge in [-0.1, -0.05) is 20.3 Å². The lowest BCUT2D eigenvalue weighted by Gasteiger charge is -2.19. The number of hydrogen-bond donors (Lipinski definition) is 1. The van der Waals surface area contributed by atoms with Gasteiger partial charge in [-0.05, 0) is 13.0 Å². The lowest BCUT2D eigenvalue weighted by Crippen LogP contribution is -2.26. The Kier molecular flexibility index (Phi) is 5.72. The van der Waals surface area contributed by atoms with E-state index in [1.807, 2.05) is 7.05 Å². The summed E-state index contributed by atoms with van der Waals surface area (Å²) in [6, 6.07) is 0. The molecule has 0 aliphatic rings. The van der Waals surface area contributed by atoms with E-state index >= 15 is 0 Å². The average Bonchev–Trinajstić information content (AvgIpc) is 2.00. The summed E-state index contributed by atoms with van der Waals surface area (Å²) >= 11 is 0. The molecular formula is C9H19NO2. The molecule has 0 heterocycles. The Balaban J connectivity index is 3.45. The van der Waals surface area contributed by atoms with Crippen molar-refractivity contribution in [3.05, 3.63) is 0 Å². The van der Waals surface area contributed by atoms with E-state index in [0.717, 1.165) is 13.0 Å². The quantitative estimate of drug-likeness (QED) is 0.660. The summed E-state index contributed by atoms with van der Waals surface area (Å²) in [5.41, 5.74) is 0. The van der Waals surface area contributed by atoms with Crippen LogP contribution in [0.25, 0.3) is 0 Å². The smallest absolute Gasteiger partial charge is 0.304 e. The molecule has 3 heteroatoms. The number of carboxylic acids is 1. The van der Waals surface area contributed by atoms with Gasteiger partial charge in [0.15, 0.2) is 0 Å². The van der Waals surface area contributed by atoms with Crippen molar-refractivity contribution in [1.29, 1.82) is 0 Å². The van der Waals surface area contributed by atoms with Gasteiger partial charge in [-0.3, -0.25) is 4.79 Å². The maximum atomic E-state index is 10.2. The fourth-order valence-electron chi connectivity index (χ4n) is 1.04.